The molecule has 0 radical (unpaired) electrons. The van der Waals surface area contributed by atoms with Crippen molar-refractivity contribution in [1.29, 1.82) is 5.26 Å². The number of nitriles is 1. The highest BCUT2D eigenvalue weighted by Gasteiger charge is 2.19. The van der Waals surface area contributed by atoms with Crippen LogP contribution in [0.25, 0.3) is 0 Å². The lowest BCUT2D eigenvalue weighted by Gasteiger charge is -2.09. The first-order valence-corrected chi connectivity index (χ1v) is 9.10. The van der Waals surface area contributed by atoms with Gasteiger partial charge in [0.05, 0.1) is 28.8 Å². The Kier molecular flexibility index (Phi) is 7.01. The number of ether oxygens (including phenoxy) is 2. The lowest BCUT2D eigenvalue weighted by Crippen LogP contribution is -2.21. The molecule has 0 saturated heterocycles. The van der Waals surface area contributed by atoms with E-state index in [9.17, 15) is 9.59 Å². The van der Waals surface area contributed by atoms with Crippen molar-refractivity contribution in [3.05, 3.63) is 45.3 Å². The summed E-state index contributed by atoms with van der Waals surface area (Å²) in [4.78, 5) is 25.2. The monoisotopic (exact) mass is 392 g/mol. The van der Waals surface area contributed by atoms with Gasteiger partial charge in [-0.25, -0.2) is 4.79 Å². The maximum absolute atomic E-state index is 12.2. The number of aryl methyl sites for hydroxylation is 1. The summed E-state index contributed by atoms with van der Waals surface area (Å²) < 4.78 is 10.4. The quantitative estimate of drug-likeness (QED) is 0.718. The Morgan fingerprint density at radius 1 is 1.31 bits per heavy atom. The Balaban J connectivity index is 2.05. The molecule has 2 aromatic rings. The summed E-state index contributed by atoms with van der Waals surface area (Å²) in [6.07, 6.45) is 0.740. The molecule has 0 spiro atoms. The predicted molar refractivity (Wildman–Crippen MR) is 99.9 cm³/mol. The fraction of sp³-hybridized carbons (Fsp3) is 0.278. The SMILES string of the molecule is CCOC(=O)c1cc(CC)sc1NC(=O)COc1ccc(C#N)cc1Cl. The topological polar surface area (TPSA) is 88.4 Å². The van der Waals surface area contributed by atoms with Crippen molar-refractivity contribution in [3.63, 3.8) is 0 Å². The van der Waals surface area contributed by atoms with Crippen LogP contribution >= 0.6 is 22.9 Å². The summed E-state index contributed by atoms with van der Waals surface area (Å²) in [5.74, 6) is -0.609. The number of carbonyl (C=O) groups is 2. The Morgan fingerprint density at radius 2 is 2.08 bits per heavy atom. The zero-order valence-corrected chi connectivity index (χ0v) is 15.9. The molecule has 0 atom stereocenters. The number of halogens is 1. The third-order valence-electron chi connectivity index (χ3n) is 3.30. The normalized spacial score (nSPS) is 10.1. The number of anilines is 1. The highest BCUT2D eigenvalue weighted by atomic mass is 35.5. The minimum atomic E-state index is -0.477. The summed E-state index contributed by atoms with van der Waals surface area (Å²) in [7, 11) is 0. The van der Waals surface area contributed by atoms with E-state index in [0.717, 1.165) is 11.3 Å². The van der Waals surface area contributed by atoms with E-state index in [-0.39, 0.29) is 18.2 Å². The van der Waals surface area contributed by atoms with Crippen molar-refractivity contribution < 1.29 is 19.1 Å². The molecule has 0 aliphatic carbocycles. The van der Waals surface area contributed by atoms with Crippen LogP contribution in [0.15, 0.2) is 24.3 Å². The van der Waals surface area contributed by atoms with Gasteiger partial charge in [0, 0.05) is 4.88 Å². The average molecular weight is 393 g/mol. The summed E-state index contributed by atoms with van der Waals surface area (Å²) in [6, 6.07) is 8.22. The van der Waals surface area contributed by atoms with Crippen molar-refractivity contribution in [1.82, 2.24) is 0 Å². The molecule has 1 aromatic carbocycles. The average Bonchev–Trinajstić information content (AvgIpc) is 3.03. The number of esters is 1. The molecular weight excluding hydrogens is 376 g/mol. The second kappa shape index (κ2) is 9.22. The molecule has 6 nitrogen and oxygen atoms in total. The van der Waals surface area contributed by atoms with Crippen LogP contribution in [-0.2, 0) is 16.0 Å². The summed E-state index contributed by atoms with van der Waals surface area (Å²) in [6.45, 7) is 3.65. The van der Waals surface area contributed by atoms with Crippen LogP contribution in [0.4, 0.5) is 5.00 Å². The molecular formula is C18H17ClN2O4S. The Hall–Kier alpha value is -2.56. The number of benzene rings is 1. The largest absolute Gasteiger partial charge is 0.482 e. The third kappa shape index (κ3) is 4.97. The van der Waals surface area contributed by atoms with Crippen molar-refractivity contribution in [2.75, 3.05) is 18.5 Å². The summed E-state index contributed by atoms with van der Waals surface area (Å²) in [5.41, 5.74) is 0.731. The van der Waals surface area contributed by atoms with Crippen LogP contribution in [0, 0.1) is 11.3 Å². The fourth-order valence-corrected chi connectivity index (χ4v) is 3.30. The van der Waals surface area contributed by atoms with Gasteiger partial charge < -0.3 is 14.8 Å². The van der Waals surface area contributed by atoms with Crippen molar-refractivity contribution >= 4 is 39.8 Å². The number of nitrogens with one attached hydrogen (secondary N) is 1. The smallest absolute Gasteiger partial charge is 0.341 e. The standard InChI is InChI=1S/C18H17ClN2O4S/c1-3-12-8-13(18(23)24-4-2)17(26-12)21-16(22)10-25-15-6-5-11(9-20)7-14(15)19/h5-8H,3-4,10H2,1-2H3,(H,21,22). The number of hydrogen-bond donors (Lipinski definition) is 1. The molecule has 0 saturated carbocycles. The van der Waals surface area contributed by atoms with Gasteiger partial charge in [0.1, 0.15) is 10.8 Å². The Morgan fingerprint density at radius 3 is 2.69 bits per heavy atom. The zero-order valence-electron chi connectivity index (χ0n) is 14.3. The highest BCUT2D eigenvalue weighted by molar-refractivity contribution is 7.16. The van der Waals surface area contributed by atoms with Gasteiger partial charge in [0.15, 0.2) is 6.61 Å². The van der Waals surface area contributed by atoms with Gasteiger partial charge in [-0.1, -0.05) is 18.5 Å². The maximum atomic E-state index is 12.2. The van der Waals surface area contributed by atoms with Crippen LogP contribution in [0.3, 0.4) is 0 Å². The van der Waals surface area contributed by atoms with E-state index >= 15 is 0 Å². The first-order valence-electron chi connectivity index (χ1n) is 7.90. The van der Waals surface area contributed by atoms with E-state index in [1.54, 1.807) is 19.1 Å². The van der Waals surface area contributed by atoms with Crippen molar-refractivity contribution in [3.8, 4) is 11.8 Å². The predicted octanol–water partition coefficient (Wildman–Crippen LogP) is 4.03. The van der Waals surface area contributed by atoms with Gasteiger partial charge in [-0.3, -0.25) is 4.79 Å². The van der Waals surface area contributed by atoms with Crippen LogP contribution in [0.1, 0.15) is 34.6 Å². The van der Waals surface area contributed by atoms with Crippen molar-refractivity contribution in [2.45, 2.75) is 20.3 Å². The van der Waals surface area contributed by atoms with Gasteiger partial charge in [0.2, 0.25) is 0 Å². The van der Waals surface area contributed by atoms with Gasteiger partial charge in [-0.15, -0.1) is 11.3 Å². The number of carbonyl (C=O) groups excluding carboxylic acids is 2. The molecule has 0 aliphatic heterocycles. The minimum Gasteiger partial charge on any atom is -0.482 e. The molecule has 0 unspecified atom stereocenters. The van der Waals surface area contributed by atoms with Crippen LogP contribution in [0.2, 0.25) is 5.02 Å². The van der Waals surface area contributed by atoms with E-state index in [0.29, 0.717) is 21.9 Å². The summed E-state index contributed by atoms with van der Waals surface area (Å²) >= 11 is 7.33. The van der Waals surface area contributed by atoms with Gasteiger partial charge in [0.25, 0.3) is 5.91 Å². The molecule has 1 amide bonds. The van der Waals surface area contributed by atoms with Gasteiger partial charge >= 0.3 is 5.97 Å². The van der Waals surface area contributed by atoms with Crippen LogP contribution < -0.4 is 10.1 Å². The number of hydrogen-bond acceptors (Lipinski definition) is 6. The molecule has 0 fully saturated rings. The first-order chi connectivity index (χ1) is 12.5. The lowest BCUT2D eigenvalue weighted by molar-refractivity contribution is -0.118. The van der Waals surface area contributed by atoms with Gasteiger partial charge in [-0.2, -0.15) is 5.26 Å². The third-order valence-corrected chi connectivity index (χ3v) is 4.79. The summed E-state index contributed by atoms with van der Waals surface area (Å²) in [5, 5.41) is 12.2. The zero-order chi connectivity index (χ0) is 19.1. The minimum absolute atomic E-state index is 0.244. The van der Waals surface area contributed by atoms with Crippen molar-refractivity contribution in [2.24, 2.45) is 0 Å². The van der Waals surface area contributed by atoms with E-state index in [2.05, 4.69) is 5.32 Å². The maximum Gasteiger partial charge on any atom is 0.341 e. The molecule has 2 rings (SSSR count). The molecule has 0 aliphatic rings. The van der Waals surface area contributed by atoms with Gasteiger partial charge in [-0.05, 0) is 37.6 Å². The lowest BCUT2D eigenvalue weighted by atomic mass is 10.2. The molecule has 1 N–H and O–H groups in total. The highest BCUT2D eigenvalue weighted by Crippen LogP contribution is 2.29. The molecule has 8 heteroatoms. The van der Waals surface area contributed by atoms with E-state index < -0.39 is 11.9 Å². The molecule has 26 heavy (non-hydrogen) atoms. The first kappa shape index (κ1) is 19.8. The van der Waals surface area contributed by atoms with E-state index in [4.69, 9.17) is 26.3 Å². The number of nitrogens with zero attached hydrogens (tertiary/aromatic N) is 1. The fourth-order valence-electron chi connectivity index (χ4n) is 2.06. The second-order valence-electron chi connectivity index (χ2n) is 5.12. The van der Waals surface area contributed by atoms with E-state index in [1.807, 2.05) is 13.0 Å². The molecule has 0 bridgehead atoms. The number of thiophene rings is 1. The van der Waals surface area contributed by atoms with E-state index in [1.165, 1.54) is 23.5 Å². The van der Waals surface area contributed by atoms with Crippen LogP contribution in [0.5, 0.6) is 5.75 Å². The molecule has 1 heterocycles. The Bertz CT molecular complexity index is 857. The number of amides is 1. The molecule has 136 valence electrons. The number of rotatable bonds is 7. The second-order valence-corrected chi connectivity index (χ2v) is 6.67. The molecule has 1 aromatic heterocycles. The Labute approximate surface area is 160 Å². The van der Waals surface area contributed by atoms with Crippen LogP contribution in [-0.4, -0.2) is 25.1 Å².